The normalized spacial score (nSPS) is 17.2. The van der Waals surface area contributed by atoms with Crippen LogP contribution >= 0.6 is 0 Å². The van der Waals surface area contributed by atoms with Crippen molar-refractivity contribution in [3.63, 3.8) is 0 Å². The average molecular weight is 327 g/mol. The number of aromatic nitrogens is 1. The number of carbonyl (C=O) groups excluding carboxylic acids is 1. The van der Waals surface area contributed by atoms with Crippen molar-refractivity contribution >= 4 is 23.0 Å². The van der Waals surface area contributed by atoms with Crippen molar-refractivity contribution in [3.05, 3.63) is 35.8 Å². The molecule has 0 atom stereocenters. The minimum Gasteiger partial charge on any atom is -0.352 e. The number of pyridine rings is 1. The van der Waals surface area contributed by atoms with E-state index in [1.165, 1.54) is 6.07 Å². The fourth-order valence-electron chi connectivity index (χ4n) is 2.95. The van der Waals surface area contributed by atoms with Gasteiger partial charge in [0.2, 0.25) is 0 Å². The summed E-state index contributed by atoms with van der Waals surface area (Å²) in [4.78, 5) is 20.0. The molecule has 0 amide bonds. The van der Waals surface area contributed by atoms with E-state index in [4.69, 9.17) is 5.26 Å². The molecule has 0 aliphatic carbocycles. The Labute approximate surface area is 139 Å². The van der Waals surface area contributed by atoms with E-state index in [1.54, 1.807) is 17.2 Å². The highest BCUT2D eigenvalue weighted by molar-refractivity contribution is 6.19. The summed E-state index contributed by atoms with van der Waals surface area (Å²) in [5.74, 6) is -0.258. The largest absolute Gasteiger partial charge is 0.352 e. The topological polar surface area (TPSA) is 72.3 Å². The molecule has 1 aromatic heterocycles. The molecule has 1 fully saturated rings. The summed E-state index contributed by atoms with van der Waals surface area (Å²) in [5.41, 5.74) is 0.969. The lowest BCUT2D eigenvalue weighted by molar-refractivity contribution is -0.110. The van der Waals surface area contributed by atoms with Crippen LogP contribution < -0.4 is 15.1 Å². The second-order valence-electron chi connectivity index (χ2n) is 5.65. The fourth-order valence-corrected chi connectivity index (χ4v) is 2.95. The molecule has 1 N–H and O–H groups in total. The number of Topliss-reactive ketones (excluding diaryl/α,β-unsaturated/α-hetero) is 1. The van der Waals surface area contributed by atoms with Crippen molar-refractivity contribution < 1.29 is 9.18 Å². The predicted molar refractivity (Wildman–Crippen MR) is 90.0 cm³/mol. The van der Waals surface area contributed by atoms with Gasteiger partial charge in [-0.1, -0.05) is 6.58 Å². The number of ketones is 1. The first-order chi connectivity index (χ1) is 11.6. The van der Waals surface area contributed by atoms with Gasteiger partial charge in [0, 0.05) is 44.5 Å². The Hall–Kier alpha value is -2.72. The minimum absolute atomic E-state index is 0.183. The molecule has 7 heteroatoms. The smallest absolute Gasteiger partial charge is 0.264 e. The maximum absolute atomic E-state index is 14.6. The van der Waals surface area contributed by atoms with Gasteiger partial charge in [0.05, 0.1) is 5.57 Å². The Morgan fingerprint density at radius 3 is 2.79 bits per heavy atom. The van der Waals surface area contributed by atoms with Gasteiger partial charge in [0.1, 0.15) is 11.9 Å². The molecule has 0 bridgehead atoms. The second kappa shape index (κ2) is 6.42. The van der Waals surface area contributed by atoms with E-state index >= 15 is 0 Å². The summed E-state index contributed by atoms with van der Waals surface area (Å²) in [7, 11) is 0. The van der Waals surface area contributed by atoms with Crippen LogP contribution in [-0.2, 0) is 4.79 Å². The second-order valence-corrected chi connectivity index (χ2v) is 5.65. The Kier molecular flexibility index (Phi) is 4.32. The van der Waals surface area contributed by atoms with E-state index in [9.17, 15) is 9.18 Å². The van der Waals surface area contributed by atoms with Gasteiger partial charge < -0.3 is 15.1 Å². The maximum Gasteiger partial charge on any atom is 0.264 e. The van der Waals surface area contributed by atoms with Gasteiger partial charge in [-0.05, 0) is 18.6 Å². The Morgan fingerprint density at radius 1 is 1.46 bits per heavy atom. The third-order valence-corrected chi connectivity index (χ3v) is 4.25. The number of hydrogen-bond acceptors (Lipinski definition) is 6. The van der Waals surface area contributed by atoms with Gasteiger partial charge >= 0.3 is 0 Å². The van der Waals surface area contributed by atoms with Crippen LogP contribution in [0.4, 0.5) is 16.0 Å². The molecule has 0 spiro atoms. The van der Waals surface area contributed by atoms with Crippen molar-refractivity contribution in [2.75, 3.05) is 42.5 Å². The number of nitriles is 1. The van der Waals surface area contributed by atoms with E-state index in [2.05, 4.69) is 16.9 Å². The van der Waals surface area contributed by atoms with Crippen molar-refractivity contribution in [2.45, 2.75) is 6.92 Å². The molecular formula is C17H18FN5O. The van der Waals surface area contributed by atoms with Crippen LogP contribution in [-0.4, -0.2) is 43.5 Å². The van der Waals surface area contributed by atoms with Crippen LogP contribution in [0.25, 0.3) is 5.57 Å². The fraction of sp³-hybridized carbons (Fsp3) is 0.353. The van der Waals surface area contributed by atoms with E-state index in [-0.39, 0.29) is 5.57 Å². The number of hydrogen-bond donors (Lipinski definition) is 1. The van der Waals surface area contributed by atoms with Gasteiger partial charge in [0.15, 0.2) is 11.6 Å². The quantitative estimate of drug-likeness (QED) is 0.848. The molecule has 1 aromatic rings. The van der Waals surface area contributed by atoms with E-state index in [0.29, 0.717) is 42.4 Å². The van der Waals surface area contributed by atoms with Crippen molar-refractivity contribution in [1.29, 1.82) is 5.26 Å². The van der Waals surface area contributed by atoms with Crippen LogP contribution in [0.2, 0.25) is 0 Å². The number of rotatable bonds is 3. The first-order valence-electron chi connectivity index (χ1n) is 7.85. The molecule has 2 aliphatic heterocycles. The van der Waals surface area contributed by atoms with Crippen molar-refractivity contribution in [3.8, 4) is 6.07 Å². The van der Waals surface area contributed by atoms with Gasteiger partial charge in [-0.15, -0.1) is 0 Å². The van der Waals surface area contributed by atoms with Gasteiger partial charge in [-0.2, -0.15) is 5.26 Å². The maximum atomic E-state index is 14.6. The number of nitrogens with zero attached hydrogens (tertiary/aromatic N) is 4. The van der Waals surface area contributed by atoms with Crippen molar-refractivity contribution in [2.24, 2.45) is 0 Å². The molecule has 24 heavy (non-hydrogen) atoms. The minimum atomic E-state index is -0.685. The molecule has 1 saturated heterocycles. The first kappa shape index (κ1) is 16.1. The Morgan fingerprint density at radius 2 is 2.17 bits per heavy atom. The lowest BCUT2D eigenvalue weighted by Gasteiger charge is -2.32. The van der Waals surface area contributed by atoms with E-state index < -0.39 is 11.6 Å². The highest BCUT2D eigenvalue weighted by Gasteiger charge is 2.28. The first-order valence-corrected chi connectivity index (χ1v) is 7.85. The number of allylic oxidation sites excluding steroid dienone is 2. The van der Waals surface area contributed by atoms with Gasteiger partial charge in [-0.25, -0.2) is 9.37 Å². The van der Waals surface area contributed by atoms with Gasteiger partial charge in [0.25, 0.3) is 5.78 Å². The summed E-state index contributed by atoms with van der Waals surface area (Å²) in [5, 5.41) is 12.1. The summed E-state index contributed by atoms with van der Waals surface area (Å²) in [6.45, 7) is 9.24. The summed E-state index contributed by atoms with van der Waals surface area (Å²) >= 11 is 0. The van der Waals surface area contributed by atoms with Gasteiger partial charge in [-0.3, -0.25) is 4.79 Å². The summed E-state index contributed by atoms with van der Waals surface area (Å²) < 4.78 is 14.6. The van der Waals surface area contributed by atoms with Crippen LogP contribution in [0.15, 0.2) is 24.4 Å². The average Bonchev–Trinajstić information content (AvgIpc) is 2.62. The molecule has 0 aromatic carbocycles. The van der Waals surface area contributed by atoms with Crippen LogP contribution in [0, 0.1) is 17.1 Å². The predicted octanol–water partition coefficient (Wildman–Crippen LogP) is 1.46. The van der Waals surface area contributed by atoms with Crippen molar-refractivity contribution in [1.82, 2.24) is 10.3 Å². The molecule has 0 radical (unpaired) electrons. The third-order valence-electron chi connectivity index (χ3n) is 4.25. The lowest BCUT2D eigenvalue weighted by atomic mass is 9.94. The van der Waals surface area contributed by atoms with E-state index in [1.807, 2.05) is 11.8 Å². The lowest BCUT2D eigenvalue weighted by Crippen LogP contribution is -2.44. The molecule has 6 nitrogen and oxygen atoms in total. The molecule has 3 heterocycles. The number of carbonyl (C=O) groups is 1. The summed E-state index contributed by atoms with van der Waals surface area (Å²) in [6, 6.07) is 2.96. The zero-order valence-electron chi connectivity index (χ0n) is 13.5. The SMILES string of the molecule is C=C1C(C(=O)C#N)=CN(CC)c2nc(N3CCNCC3)c(F)cc21. The zero-order chi connectivity index (χ0) is 17.3. The number of fused-ring (bicyclic) bond motifs is 1. The number of halogens is 1. The standard InChI is InChI=1S/C17H18FN5O/c1-3-22-10-13(15(24)9-19)11(2)12-8-14(18)17(21-16(12)22)23-6-4-20-5-7-23/h8,10,20H,2-7H2,1H3. The number of nitrogens with one attached hydrogen (secondary N) is 1. The molecule has 2 aliphatic rings. The highest BCUT2D eigenvalue weighted by atomic mass is 19.1. The number of piperazine rings is 1. The number of anilines is 2. The molecule has 3 rings (SSSR count). The van der Waals surface area contributed by atoms with Crippen LogP contribution in [0.1, 0.15) is 12.5 Å². The molecular weight excluding hydrogens is 309 g/mol. The molecule has 0 saturated carbocycles. The Bertz CT molecular complexity index is 774. The highest BCUT2D eigenvalue weighted by Crippen LogP contribution is 2.37. The Balaban J connectivity index is 2.07. The third kappa shape index (κ3) is 2.65. The zero-order valence-corrected chi connectivity index (χ0v) is 13.5. The molecule has 0 unspecified atom stereocenters. The monoisotopic (exact) mass is 327 g/mol. The molecule has 124 valence electrons. The van der Waals surface area contributed by atoms with Crippen LogP contribution in [0.5, 0.6) is 0 Å². The van der Waals surface area contributed by atoms with E-state index in [0.717, 1.165) is 13.1 Å². The van der Waals surface area contributed by atoms with Crippen LogP contribution in [0.3, 0.4) is 0 Å². The summed E-state index contributed by atoms with van der Waals surface area (Å²) in [6.07, 6.45) is 1.57.